The Morgan fingerprint density at radius 3 is 2.53 bits per heavy atom. The van der Waals surface area contributed by atoms with Gasteiger partial charge in [-0.2, -0.15) is 13.2 Å². The number of nitrogens with zero attached hydrogens (tertiary/aromatic N) is 5. The minimum absolute atomic E-state index is 0.246. The van der Waals surface area contributed by atoms with Crippen molar-refractivity contribution in [2.45, 2.75) is 61.9 Å². The molecule has 4 aromatic rings. The van der Waals surface area contributed by atoms with Crippen molar-refractivity contribution >= 4 is 57.6 Å². The molecule has 0 bridgehead atoms. The first-order valence-corrected chi connectivity index (χ1v) is 18.6. The number of carbonyl (C=O) groups excluding carboxylic acids is 3. The number of thioether (sulfide) groups is 1. The van der Waals surface area contributed by atoms with E-state index in [0.717, 1.165) is 102 Å². The first-order chi connectivity index (χ1) is 25.6. The van der Waals surface area contributed by atoms with Crippen molar-refractivity contribution in [2.24, 2.45) is 5.92 Å². The van der Waals surface area contributed by atoms with Gasteiger partial charge in [-0.25, -0.2) is 14.8 Å². The highest BCUT2D eigenvalue weighted by molar-refractivity contribution is 8.03. The molecule has 4 amide bonds. The number of anilines is 3. The van der Waals surface area contributed by atoms with E-state index in [2.05, 4.69) is 54.0 Å². The summed E-state index contributed by atoms with van der Waals surface area (Å²) in [5.41, 5.74) is 2.78. The largest absolute Gasteiger partial charge is 0.433 e. The van der Waals surface area contributed by atoms with E-state index in [1.165, 1.54) is 17.2 Å². The summed E-state index contributed by atoms with van der Waals surface area (Å²) in [6.45, 7) is 3.54. The lowest BCUT2D eigenvalue weighted by molar-refractivity contribution is -0.141. The fourth-order valence-electron chi connectivity index (χ4n) is 7.69. The van der Waals surface area contributed by atoms with Crippen molar-refractivity contribution in [1.82, 2.24) is 25.2 Å². The van der Waals surface area contributed by atoms with Crippen LogP contribution in [0.3, 0.4) is 0 Å². The number of amides is 4. The van der Waals surface area contributed by atoms with E-state index in [-0.39, 0.29) is 23.8 Å². The SMILES string of the molecule is O=C1CCN(c2cncc3cc(C4CCN(CC5CCC(=C6Nc7cnc(NC(=O)c8cccc(C(F)(F)F)n8)cc7S6)CC5)CC4)ccc23)C(=O)N1. The molecule has 3 N–H and O–H groups in total. The molecule has 3 fully saturated rings. The smallest absolute Gasteiger partial charge is 0.348 e. The van der Waals surface area contributed by atoms with Crippen molar-refractivity contribution in [3.63, 3.8) is 0 Å². The van der Waals surface area contributed by atoms with Crippen LogP contribution < -0.4 is 20.9 Å². The number of aromatic nitrogens is 3. The molecule has 15 heteroatoms. The maximum atomic E-state index is 13.1. The third-order valence-corrected chi connectivity index (χ3v) is 11.7. The summed E-state index contributed by atoms with van der Waals surface area (Å²) in [5, 5.41) is 11.5. The highest BCUT2D eigenvalue weighted by atomic mass is 32.2. The van der Waals surface area contributed by atoms with Crippen LogP contribution >= 0.6 is 11.8 Å². The molecule has 3 aliphatic heterocycles. The summed E-state index contributed by atoms with van der Waals surface area (Å²) >= 11 is 1.60. The quantitative estimate of drug-likeness (QED) is 0.183. The number of nitrogens with one attached hydrogen (secondary N) is 3. The van der Waals surface area contributed by atoms with Gasteiger partial charge in [0.05, 0.1) is 28.8 Å². The Morgan fingerprint density at radius 2 is 1.75 bits per heavy atom. The topological polar surface area (TPSA) is 132 Å². The summed E-state index contributed by atoms with van der Waals surface area (Å²) in [6, 6.07) is 11.0. The number of allylic oxidation sites excluding steroid dienone is 1. The zero-order valence-electron chi connectivity index (χ0n) is 28.7. The van der Waals surface area contributed by atoms with Gasteiger partial charge in [-0.3, -0.25) is 24.8 Å². The Balaban J connectivity index is 0.821. The molecule has 4 aliphatic rings. The van der Waals surface area contributed by atoms with Crippen molar-refractivity contribution in [2.75, 3.05) is 41.7 Å². The Bertz CT molecular complexity index is 2130. The predicted molar refractivity (Wildman–Crippen MR) is 196 cm³/mol. The fourth-order valence-corrected chi connectivity index (χ4v) is 8.81. The lowest BCUT2D eigenvalue weighted by Gasteiger charge is -2.36. The van der Waals surface area contributed by atoms with Gasteiger partial charge in [0.2, 0.25) is 5.91 Å². The average Bonchev–Trinajstić information content (AvgIpc) is 3.58. The molecule has 0 unspecified atom stereocenters. The minimum atomic E-state index is -4.64. The third kappa shape index (κ3) is 7.58. The zero-order valence-corrected chi connectivity index (χ0v) is 29.5. The first-order valence-electron chi connectivity index (χ1n) is 17.8. The molecule has 1 aliphatic carbocycles. The maximum Gasteiger partial charge on any atom is 0.433 e. The lowest BCUT2D eigenvalue weighted by atomic mass is 9.84. The van der Waals surface area contributed by atoms with Crippen LogP contribution in [-0.2, 0) is 11.0 Å². The van der Waals surface area contributed by atoms with Gasteiger partial charge < -0.3 is 15.5 Å². The number of piperidine rings is 1. The molecule has 274 valence electrons. The van der Waals surface area contributed by atoms with Crippen LogP contribution in [0, 0.1) is 5.92 Å². The number of halogens is 3. The van der Waals surface area contributed by atoms with E-state index in [1.54, 1.807) is 35.1 Å². The maximum absolute atomic E-state index is 13.1. The molecule has 8 rings (SSSR count). The molecule has 11 nitrogen and oxygen atoms in total. The molecule has 0 spiro atoms. The molecule has 6 heterocycles. The molecule has 0 atom stereocenters. The fraction of sp³-hybridized carbons (Fsp3) is 0.368. The molecular weight excluding hydrogens is 706 g/mol. The Kier molecular flexibility index (Phi) is 9.53. The number of carbonyl (C=O) groups is 3. The van der Waals surface area contributed by atoms with Crippen LogP contribution in [0.2, 0.25) is 0 Å². The van der Waals surface area contributed by atoms with Gasteiger partial charge in [-0.15, -0.1) is 0 Å². The molecular formula is C38H37F3N8O3S. The second kappa shape index (κ2) is 14.4. The standard InChI is InChI=1S/C38H37F3N8O3S/c39-38(40,41)32-3-1-2-28(44-32)35(51)46-33-17-31-29(19-43-33)45-36(53-31)24-6-4-22(5-7-24)21-48-13-10-23(11-14-48)25-8-9-27-26(16-25)18-42-20-30(27)49-15-12-34(50)47-37(49)52/h1-3,8-9,16-20,22-23,45H,4-7,10-15,21H2,(H,43,46,51)(H,47,50,52). The van der Waals surface area contributed by atoms with Crippen LogP contribution in [0.15, 0.2) is 76.6 Å². The van der Waals surface area contributed by atoms with Gasteiger partial charge in [-0.1, -0.05) is 30.0 Å². The van der Waals surface area contributed by atoms with E-state index in [1.807, 2.05) is 6.20 Å². The number of likely N-dealkylation sites (tertiary alicyclic amines) is 1. The summed E-state index contributed by atoms with van der Waals surface area (Å²) in [4.78, 5) is 54.0. The normalized spacial score (nSPS) is 20.0. The number of imide groups is 1. The monoisotopic (exact) mass is 742 g/mol. The van der Waals surface area contributed by atoms with Crippen LogP contribution in [0.1, 0.15) is 72.6 Å². The minimum Gasteiger partial charge on any atom is -0.348 e. The van der Waals surface area contributed by atoms with Crippen molar-refractivity contribution in [3.05, 3.63) is 88.6 Å². The van der Waals surface area contributed by atoms with Crippen LogP contribution in [0.25, 0.3) is 10.8 Å². The Morgan fingerprint density at radius 1 is 0.943 bits per heavy atom. The van der Waals surface area contributed by atoms with Crippen molar-refractivity contribution in [3.8, 4) is 0 Å². The number of urea groups is 1. The van der Waals surface area contributed by atoms with Crippen LogP contribution in [0.4, 0.5) is 35.2 Å². The molecule has 2 saturated heterocycles. The second-order valence-corrected chi connectivity index (χ2v) is 15.1. The van der Waals surface area contributed by atoms with Crippen molar-refractivity contribution in [1.29, 1.82) is 0 Å². The summed E-state index contributed by atoms with van der Waals surface area (Å²) in [7, 11) is 0. The van der Waals surface area contributed by atoms with Gasteiger partial charge in [0.15, 0.2) is 0 Å². The third-order valence-electron chi connectivity index (χ3n) is 10.6. The Hall–Kier alpha value is -5.02. The highest BCUT2D eigenvalue weighted by Crippen LogP contribution is 2.46. The number of hydrogen-bond donors (Lipinski definition) is 3. The number of pyridine rings is 3. The Labute approximate surface area is 307 Å². The lowest BCUT2D eigenvalue weighted by Crippen LogP contribution is -2.49. The van der Waals surface area contributed by atoms with Gasteiger partial charge in [0.1, 0.15) is 17.2 Å². The number of rotatable bonds is 6. The summed E-state index contributed by atoms with van der Waals surface area (Å²) in [6.07, 6.45) is 7.20. The molecule has 53 heavy (non-hydrogen) atoms. The molecule has 3 aromatic heterocycles. The molecule has 1 saturated carbocycles. The number of alkyl halides is 3. The number of benzene rings is 1. The van der Waals surface area contributed by atoms with Gasteiger partial charge >= 0.3 is 12.2 Å². The number of hydrogen-bond acceptors (Lipinski definition) is 9. The predicted octanol–water partition coefficient (Wildman–Crippen LogP) is 7.54. The van der Waals surface area contributed by atoms with Gasteiger partial charge in [-0.05, 0) is 98.9 Å². The van der Waals surface area contributed by atoms with E-state index in [0.29, 0.717) is 18.4 Å². The van der Waals surface area contributed by atoms with E-state index in [4.69, 9.17) is 0 Å². The summed E-state index contributed by atoms with van der Waals surface area (Å²) < 4.78 is 39.2. The second-order valence-electron chi connectivity index (χ2n) is 14.0. The average molecular weight is 743 g/mol. The molecule has 1 aromatic carbocycles. The van der Waals surface area contributed by atoms with Gasteiger partial charge in [0.25, 0.3) is 5.91 Å². The molecule has 0 radical (unpaired) electrons. The number of fused-ring (bicyclic) bond motifs is 2. The zero-order chi connectivity index (χ0) is 36.7. The summed E-state index contributed by atoms with van der Waals surface area (Å²) in [5.74, 6) is 0.326. The van der Waals surface area contributed by atoms with Crippen molar-refractivity contribution < 1.29 is 27.6 Å². The highest BCUT2D eigenvalue weighted by Gasteiger charge is 2.33. The van der Waals surface area contributed by atoms with E-state index in [9.17, 15) is 27.6 Å². The van der Waals surface area contributed by atoms with Crippen LogP contribution in [0.5, 0.6) is 0 Å². The van der Waals surface area contributed by atoms with E-state index < -0.39 is 23.8 Å². The van der Waals surface area contributed by atoms with E-state index >= 15 is 0 Å². The van der Waals surface area contributed by atoms with Crippen LogP contribution in [-0.4, -0.2) is 63.9 Å². The van der Waals surface area contributed by atoms with Gasteiger partial charge in [0, 0.05) is 41.4 Å². The first kappa shape index (κ1) is 35.0.